The summed E-state index contributed by atoms with van der Waals surface area (Å²) >= 11 is 0. The van der Waals surface area contributed by atoms with Crippen LogP contribution in [-0.2, 0) is 9.53 Å². The van der Waals surface area contributed by atoms with E-state index < -0.39 is 12.1 Å². The van der Waals surface area contributed by atoms with E-state index >= 15 is 0 Å². The molecular formula is C20H31N5O5. The molecule has 0 saturated heterocycles. The number of amides is 1. The fourth-order valence-electron chi connectivity index (χ4n) is 3.49. The number of carbonyl (C=O) groups excluding carboxylic acids is 1. The van der Waals surface area contributed by atoms with Gasteiger partial charge in [-0.2, -0.15) is 0 Å². The molecule has 3 rings (SSSR count). The number of carboxylic acid groups (broad SMARTS) is 1. The molecule has 0 aliphatic heterocycles. The summed E-state index contributed by atoms with van der Waals surface area (Å²) < 4.78 is 5.07. The maximum atomic E-state index is 11.5. The molecule has 3 atom stereocenters. The summed E-state index contributed by atoms with van der Waals surface area (Å²) in [6.45, 7) is 1.57. The molecule has 166 valence electrons. The molecule has 1 aromatic heterocycles. The highest BCUT2D eigenvalue weighted by molar-refractivity contribution is 5.71. The number of nitrogens with zero attached hydrogens (tertiary/aromatic N) is 3. The summed E-state index contributed by atoms with van der Waals surface area (Å²) in [6, 6.07) is 3.05. The minimum atomic E-state index is -0.569. The van der Waals surface area contributed by atoms with Gasteiger partial charge in [0.25, 0.3) is 0 Å². The maximum absolute atomic E-state index is 11.5. The molecular weight excluding hydrogens is 390 g/mol. The fourth-order valence-corrected chi connectivity index (χ4v) is 3.49. The molecule has 6 N–H and O–H groups in total. The van der Waals surface area contributed by atoms with E-state index in [0.29, 0.717) is 23.0 Å². The van der Waals surface area contributed by atoms with Crippen molar-refractivity contribution >= 4 is 17.8 Å². The predicted octanol–water partition coefficient (Wildman–Crippen LogP) is 1.34. The number of aromatic hydroxyl groups is 1. The highest BCUT2D eigenvalue weighted by Crippen LogP contribution is 2.55. The van der Waals surface area contributed by atoms with Crippen molar-refractivity contribution in [1.82, 2.24) is 14.9 Å². The number of carbonyl (C=O) groups is 2. The number of aliphatic carboxylic acids is 1. The van der Waals surface area contributed by atoms with Crippen LogP contribution in [0.15, 0.2) is 17.8 Å². The molecule has 3 unspecified atom stereocenters. The minimum absolute atomic E-state index is 0.0231. The maximum Gasteiger partial charge on any atom is 0.409 e. The lowest BCUT2D eigenvalue weighted by Crippen LogP contribution is -2.32. The average molecular weight is 421 g/mol. The van der Waals surface area contributed by atoms with Crippen LogP contribution in [0.5, 0.6) is 5.75 Å². The lowest BCUT2D eigenvalue weighted by atomic mass is 10.0. The van der Waals surface area contributed by atoms with Crippen LogP contribution >= 0.6 is 0 Å². The van der Waals surface area contributed by atoms with Crippen molar-refractivity contribution < 1.29 is 24.5 Å². The third-order valence-corrected chi connectivity index (χ3v) is 5.43. The SMILES string of the molecule is Cc1nc(/C(N)=C(\COC(=O)N(C)C)N(C)N)ccc1O.O=C(O)C1CCC2CC21. The zero-order chi connectivity index (χ0) is 22.6. The second-order valence-corrected chi connectivity index (χ2v) is 7.90. The molecule has 1 aromatic rings. The van der Waals surface area contributed by atoms with Crippen LogP contribution in [0, 0.1) is 24.7 Å². The number of pyridine rings is 1. The molecule has 10 heteroatoms. The number of nitrogens with two attached hydrogens (primary N) is 2. The van der Waals surface area contributed by atoms with E-state index in [1.54, 1.807) is 34.1 Å². The van der Waals surface area contributed by atoms with Crippen LogP contribution in [0.25, 0.3) is 5.70 Å². The van der Waals surface area contributed by atoms with Crippen molar-refractivity contribution in [2.24, 2.45) is 29.3 Å². The minimum Gasteiger partial charge on any atom is -0.506 e. The van der Waals surface area contributed by atoms with E-state index in [2.05, 4.69) is 4.98 Å². The predicted molar refractivity (Wildman–Crippen MR) is 111 cm³/mol. The van der Waals surface area contributed by atoms with Gasteiger partial charge < -0.3 is 30.6 Å². The molecule has 1 amide bonds. The Morgan fingerprint density at radius 1 is 1.27 bits per heavy atom. The number of hydrazine groups is 1. The third kappa shape index (κ3) is 5.76. The van der Waals surface area contributed by atoms with E-state index in [1.165, 1.54) is 28.8 Å². The number of carboxylic acids is 1. The van der Waals surface area contributed by atoms with Crippen molar-refractivity contribution in [1.29, 1.82) is 0 Å². The largest absolute Gasteiger partial charge is 0.506 e. The first-order chi connectivity index (χ1) is 14.0. The van der Waals surface area contributed by atoms with E-state index in [9.17, 15) is 14.7 Å². The van der Waals surface area contributed by atoms with Crippen molar-refractivity contribution in [2.75, 3.05) is 27.7 Å². The lowest BCUT2D eigenvalue weighted by Gasteiger charge is -2.20. The Bertz CT molecular complexity index is 824. The number of likely N-dealkylation sites (N-methyl/N-ethyl adjacent to an activating group) is 1. The van der Waals surface area contributed by atoms with Crippen LogP contribution in [0.4, 0.5) is 4.79 Å². The molecule has 0 aromatic carbocycles. The van der Waals surface area contributed by atoms with Crippen molar-refractivity contribution in [2.45, 2.75) is 26.2 Å². The molecule has 0 bridgehead atoms. The summed E-state index contributed by atoms with van der Waals surface area (Å²) in [4.78, 5) is 27.4. The van der Waals surface area contributed by atoms with Gasteiger partial charge in [0.05, 0.1) is 28.7 Å². The molecule has 0 radical (unpaired) electrons. The Hall–Kier alpha value is -3.01. The van der Waals surface area contributed by atoms with E-state index in [4.69, 9.17) is 21.4 Å². The van der Waals surface area contributed by atoms with Gasteiger partial charge in [0, 0.05) is 21.1 Å². The van der Waals surface area contributed by atoms with E-state index in [1.807, 2.05) is 0 Å². The number of hydrogen-bond acceptors (Lipinski definition) is 8. The summed E-state index contributed by atoms with van der Waals surface area (Å²) in [5, 5.41) is 19.4. The summed E-state index contributed by atoms with van der Waals surface area (Å²) in [7, 11) is 4.73. The van der Waals surface area contributed by atoms with Gasteiger partial charge in [-0.15, -0.1) is 0 Å². The van der Waals surface area contributed by atoms with Crippen LogP contribution in [0.2, 0.25) is 0 Å². The van der Waals surface area contributed by atoms with Gasteiger partial charge in [0.1, 0.15) is 12.4 Å². The number of ether oxygens (including phenoxy) is 1. The highest BCUT2D eigenvalue weighted by atomic mass is 16.6. The first-order valence-corrected chi connectivity index (χ1v) is 9.73. The Kier molecular flexibility index (Phi) is 7.49. The number of aromatic nitrogens is 1. The Morgan fingerprint density at radius 3 is 2.33 bits per heavy atom. The molecule has 0 spiro atoms. The molecule has 1 heterocycles. The summed E-state index contributed by atoms with van der Waals surface area (Å²) in [6.07, 6.45) is 2.79. The second-order valence-electron chi connectivity index (χ2n) is 7.90. The molecule has 10 nitrogen and oxygen atoms in total. The smallest absolute Gasteiger partial charge is 0.409 e. The molecule has 2 aliphatic carbocycles. The monoisotopic (exact) mass is 421 g/mol. The summed E-state index contributed by atoms with van der Waals surface area (Å²) in [5.74, 6) is 6.62. The van der Waals surface area contributed by atoms with Gasteiger partial charge in [-0.25, -0.2) is 15.6 Å². The number of fused-ring (bicyclic) bond motifs is 1. The van der Waals surface area contributed by atoms with Crippen LogP contribution in [-0.4, -0.2) is 64.9 Å². The second kappa shape index (κ2) is 9.66. The van der Waals surface area contributed by atoms with Gasteiger partial charge in [0.15, 0.2) is 0 Å². The summed E-state index contributed by atoms with van der Waals surface area (Å²) in [5.41, 5.74) is 7.60. The topological polar surface area (TPSA) is 155 Å². The van der Waals surface area contributed by atoms with Crippen LogP contribution in [0.3, 0.4) is 0 Å². The lowest BCUT2D eigenvalue weighted by molar-refractivity contribution is -0.142. The van der Waals surface area contributed by atoms with Gasteiger partial charge >= 0.3 is 12.1 Å². The number of aryl methyl sites for hydroxylation is 1. The Balaban J connectivity index is 0.000000290. The first-order valence-electron chi connectivity index (χ1n) is 9.73. The van der Waals surface area contributed by atoms with E-state index in [-0.39, 0.29) is 24.0 Å². The van der Waals surface area contributed by atoms with Crippen molar-refractivity contribution in [3.05, 3.63) is 29.2 Å². The Labute approximate surface area is 176 Å². The van der Waals surface area contributed by atoms with Gasteiger partial charge in [-0.1, -0.05) is 0 Å². The molecule has 30 heavy (non-hydrogen) atoms. The van der Waals surface area contributed by atoms with Crippen molar-refractivity contribution in [3.8, 4) is 5.75 Å². The van der Waals surface area contributed by atoms with Gasteiger partial charge in [-0.3, -0.25) is 4.79 Å². The van der Waals surface area contributed by atoms with Crippen molar-refractivity contribution in [3.63, 3.8) is 0 Å². The quantitative estimate of drug-likeness (QED) is 0.407. The normalized spacial score (nSPS) is 22.1. The Morgan fingerprint density at radius 2 is 1.93 bits per heavy atom. The third-order valence-electron chi connectivity index (χ3n) is 5.43. The number of hydrogen-bond donors (Lipinski definition) is 4. The van der Waals surface area contributed by atoms with Gasteiger partial charge in [0.2, 0.25) is 0 Å². The average Bonchev–Trinajstić information content (AvgIpc) is 3.32. The molecule has 2 fully saturated rings. The number of rotatable bonds is 5. The highest BCUT2D eigenvalue weighted by Gasteiger charge is 2.50. The van der Waals surface area contributed by atoms with Gasteiger partial charge in [-0.05, 0) is 50.2 Å². The standard InChI is InChI=1S/C13H21N5O3.C7H10O2/c1-8-11(19)6-5-9(16-8)12(14)10(18(4)15)7-21-13(20)17(2)3;8-7(9)5-2-1-4-3-6(4)5/h5-6,19H,7,14-15H2,1-4H3;4-6H,1-3H2,(H,8,9)/b12-10-;. The van der Waals surface area contributed by atoms with Crippen LogP contribution < -0.4 is 11.6 Å². The zero-order valence-corrected chi connectivity index (χ0v) is 17.8. The molecule has 2 aliphatic rings. The zero-order valence-electron chi connectivity index (χ0n) is 17.8. The van der Waals surface area contributed by atoms with E-state index in [0.717, 1.165) is 12.3 Å². The van der Waals surface area contributed by atoms with Crippen LogP contribution in [0.1, 0.15) is 30.7 Å². The first kappa shape index (κ1) is 23.3. The fraction of sp³-hybridized carbons (Fsp3) is 0.550. The molecule has 2 saturated carbocycles.